The summed E-state index contributed by atoms with van der Waals surface area (Å²) >= 11 is 0. The van der Waals surface area contributed by atoms with Gasteiger partial charge in [-0.05, 0) is 26.3 Å². The van der Waals surface area contributed by atoms with E-state index >= 15 is 0 Å². The monoisotopic (exact) mass is 210 g/mol. The van der Waals surface area contributed by atoms with Crippen LogP contribution in [0.5, 0.6) is 0 Å². The van der Waals surface area contributed by atoms with Gasteiger partial charge in [0, 0.05) is 12.0 Å². The van der Waals surface area contributed by atoms with Gasteiger partial charge >= 0.3 is 5.97 Å². The molecule has 0 aromatic carbocycles. The van der Waals surface area contributed by atoms with Gasteiger partial charge in [-0.15, -0.1) is 0 Å². The quantitative estimate of drug-likeness (QED) is 0.758. The minimum absolute atomic E-state index is 0.199. The molecule has 1 aliphatic rings. The highest BCUT2D eigenvalue weighted by atomic mass is 16.5. The summed E-state index contributed by atoms with van der Waals surface area (Å²) in [6.07, 6.45) is 1.50. The third kappa shape index (κ3) is 2.18. The lowest BCUT2D eigenvalue weighted by Gasteiger charge is -2.26. The molecule has 2 N–H and O–H groups in total. The fourth-order valence-corrected chi connectivity index (χ4v) is 1.95. The predicted octanol–water partition coefficient (Wildman–Crippen LogP) is 0.903. The summed E-state index contributed by atoms with van der Waals surface area (Å²) in [7, 11) is 0. The van der Waals surface area contributed by atoms with Crippen LogP contribution in [0.2, 0.25) is 0 Å². The second-order valence-corrected chi connectivity index (χ2v) is 3.93. The first-order chi connectivity index (χ1) is 7.16. The van der Waals surface area contributed by atoms with Crippen molar-refractivity contribution in [3.63, 3.8) is 0 Å². The van der Waals surface area contributed by atoms with E-state index in [9.17, 15) is 4.79 Å². The van der Waals surface area contributed by atoms with Crippen LogP contribution in [0.25, 0.3) is 0 Å². The Kier molecular flexibility index (Phi) is 2.73. The number of nitrogens with one attached hydrogen (secondary N) is 1. The number of carboxylic acids is 1. The van der Waals surface area contributed by atoms with Gasteiger partial charge in [0.1, 0.15) is 11.8 Å². The topological polar surface area (TPSA) is 75.4 Å². The van der Waals surface area contributed by atoms with Gasteiger partial charge in [-0.1, -0.05) is 5.16 Å². The molecule has 0 bridgehead atoms. The third-order valence-electron chi connectivity index (χ3n) is 2.77. The maximum absolute atomic E-state index is 10.8. The maximum atomic E-state index is 10.8. The largest absolute Gasteiger partial charge is 0.480 e. The van der Waals surface area contributed by atoms with Gasteiger partial charge in [0.2, 0.25) is 0 Å². The second kappa shape index (κ2) is 4.02. The molecule has 0 amide bonds. The molecule has 2 atom stereocenters. The molecule has 5 nitrogen and oxygen atoms in total. The molecule has 1 aromatic rings. The van der Waals surface area contributed by atoms with Gasteiger partial charge in [-0.3, -0.25) is 4.79 Å². The molecule has 0 aliphatic carbocycles. The van der Waals surface area contributed by atoms with Crippen molar-refractivity contribution < 1.29 is 14.4 Å². The van der Waals surface area contributed by atoms with E-state index in [-0.39, 0.29) is 5.92 Å². The Morgan fingerprint density at radius 3 is 3.13 bits per heavy atom. The molecule has 2 rings (SSSR count). The SMILES string of the molecule is Cc1cc(C2CCNC(C(=O)O)C2)no1. The van der Waals surface area contributed by atoms with E-state index in [2.05, 4.69) is 10.5 Å². The van der Waals surface area contributed by atoms with Crippen molar-refractivity contribution >= 4 is 5.97 Å². The van der Waals surface area contributed by atoms with Crippen molar-refractivity contribution in [3.05, 3.63) is 17.5 Å². The predicted molar refractivity (Wildman–Crippen MR) is 52.6 cm³/mol. The number of aromatic nitrogens is 1. The maximum Gasteiger partial charge on any atom is 0.320 e. The molecule has 82 valence electrons. The zero-order valence-electron chi connectivity index (χ0n) is 8.56. The molecule has 1 aromatic heterocycles. The average Bonchev–Trinajstić information content (AvgIpc) is 2.65. The van der Waals surface area contributed by atoms with E-state index in [1.54, 1.807) is 0 Å². The first-order valence-electron chi connectivity index (χ1n) is 5.06. The van der Waals surface area contributed by atoms with Crippen molar-refractivity contribution in [1.29, 1.82) is 0 Å². The normalized spacial score (nSPS) is 26.5. The summed E-state index contributed by atoms with van der Waals surface area (Å²) in [5.41, 5.74) is 0.875. The number of piperidine rings is 1. The van der Waals surface area contributed by atoms with Crippen LogP contribution in [-0.4, -0.2) is 28.8 Å². The summed E-state index contributed by atoms with van der Waals surface area (Å²) in [4.78, 5) is 10.8. The Labute approximate surface area is 87.5 Å². The van der Waals surface area contributed by atoms with E-state index in [1.807, 2.05) is 13.0 Å². The van der Waals surface area contributed by atoms with Crippen molar-refractivity contribution in [2.24, 2.45) is 0 Å². The zero-order valence-corrected chi connectivity index (χ0v) is 8.56. The molecule has 0 saturated carbocycles. The van der Waals surface area contributed by atoms with Crippen LogP contribution >= 0.6 is 0 Å². The molecule has 1 saturated heterocycles. The molecular weight excluding hydrogens is 196 g/mol. The molecule has 5 heteroatoms. The van der Waals surface area contributed by atoms with Crippen molar-refractivity contribution in [3.8, 4) is 0 Å². The van der Waals surface area contributed by atoms with Crippen LogP contribution in [0.1, 0.15) is 30.2 Å². The number of rotatable bonds is 2. The third-order valence-corrected chi connectivity index (χ3v) is 2.77. The summed E-state index contributed by atoms with van der Waals surface area (Å²) in [6.45, 7) is 2.56. The highest BCUT2D eigenvalue weighted by Crippen LogP contribution is 2.27. The first-order valence-corrected chi connectivity index (χ1v) is 5.06. The van der Waals surface area contributed by atoms with Crippen molar-refractivity contribution in [2.45, 2.75) is 31.7 Å². The highest BCUT2D eigenvalue weighted by Gasteiger charge is 2.28. The lowest BCUT2D eigenvalue weighted by molar-refractivity contribution is -0.140. The fourth-order valence-electron chi connectivity index (χ4n) is 1.95. The van der Waals surface area contributed by atoms with Gasteiger partial charge in [0.15, 0.2) is 0 Å². The molecule has 0 spiro atoms. The molecule has 15 heavy (non-hydrogen) atoms. The number of hydrogen-bond acceptors (Lipinski definition) is 4. The minimum atomic E-state index is -0.792. The number of hydrogen-bond donors (Lipinski definition) is 2. The lowest BCUT2D eigenvalue weighted by atomic mass is 9.90. The fraction of sp³-hybridized carbons (Fsp3) is 0.600. The highest BCUT2D eigenvalue weighted by molar-refractivity contribution is 5.73. The minimum Gasteiger partial charge on any atom is -0.480 e. The van der Waals surface area contributed by atoms with Gasteiger partial charge in [-0.25, -0.2) is 0 Å². The van der Waals surface area contributed by atoms with Crippen LogP contribution in [-0.2, 0) is 4.79 Å². The summed E-state index contributed by atoms with van der Waals surface area (Å²) in [5, 5.41) is 15.8. The smallest absolute Gasteiger partial charge is 0.320 e. The molecule has 1 fully saturated rings. The van der Waals surface area contributed by atoms with E-state index in [0.29, 0.717) is 13.0 Å². The van der Waals surface area contributed by atoms with Gasteiger partial charge < -0.3 is 14.9 Å². The van der Waals surface area contributed by atoms with Gasteiger partial charge in [-0.2, -0.15) is 0 Å². The lowest BCUT2D eigenvalue weighted by Crippen LogP contribution is -2.42. The number of aliphatic carboxylic acids is 1. The first kappa shape index (κ1) is 10.2. The molecular formula is C10H14N2O3. The van der Waals surface area contributed by atoms with Crippen LogP contribution in [0, 0.1) is 6.92 Å². The van der Waals surface area contributed by atoms with E-state index in [4.69, 9.17) is 9.63 Å². The van der Waals surface area contributed by atoms with Crippen LogP contribution in [0.4, 0.5) is 0 Å². The van der Waals surface area contributed by atoms with Crippen molar-refractivity contribution in [1.82, 2.24) is 10.5 Å². The Morgan fingerprint density at radius 1 is 1.73 bits per heavy atom. The Morgan fingerprint density at radius 2 is 2.53 bits per heavy atom. The van der Waals surface area contributed by atoms with Crippen molar-refractivity contribution in [2.75, 3.05) is 6.54 Å². The van der Waals surface area contributed by atoms with E-state index < -0.39 is 12.0 Å². The second-order valence-electron chi connectivity index (χ2n) is 3.93. The Balaban J connectivity index is 2.07. The zero-order chi connectivity index (χ0) is 10.8. The number of aryl methyl sites for hydroxylation is 1. The summed E-state index contributed by atoms with van der Waals surface area (Å²) < 4.78 is 5.00. The van der Waals surface area contributed by atoms with Crippen LogP contribution < -0.4 is 5.32 Å². The van der Waals surface area contributed by atoms with E-state index in [0.717, 1.165) is 17.9 Å². The van der Waals surface area contributed by atoms with Crippen LogP contribution in [0.15, 0.2) is 10.6 Å². The molecule has 1 aliphatic heterocycles. The van der Waals surface area contributed by atoms with Gasteiger partial charge in [0.25, 0.3) is 0 Å². The number of carboxylic acid groups (broad SMARTS) is 1. The molecule has 2 heterocycles. The molecule has 0 radical (unpaired) electrons. The Bertz CT molecular complexity index is 361. The molecule has 2 unspecified atom stereocenters. The standard InChI is InChI=1S/C10H14N2O3/c1-6-4-8(12-15-6)7-2-3-11-9(5-7)10(13)14/h4,7,9,11H,2-3,5H2,1H3,(H,13,14). The number of carbonyl (C=O) groups is 1. The van der Waals surface area contributed by atoms with Crippen LogP contribution in [0.3, 0.4) is 0 Å². The summed E-state index contributed by atoms with van der Waals surface area (Å²) in [6, 6.07) is 1.43. The number of nitrogens with zero attached hydrogens (tertiary/aromatic N) is 1. The summed E-state index contributed by atoms with van der Waals surface area (Å²) in [5.74, 6) is 0.181. The van der Waals surface area contributed by atoms with E-state index in [1.165, 1.54) is 0 Å². The average molecular weight is 210 g/mol. The van der Waals surface area contributed by atoms with Gasteiger partial charge in [0.05, 0.1) is 5.69 Å². The Hall–Kier alpha value is -1.36.